The maximum atomic E-state index is 11.8. The van der Waals surface area contributed by atoms with Gasteiger partial charge >= 0.3 is 18.0 Å². The summed E-state index contributed by atoms with van der Waals surface area (Å²) < 4.78 is 20.2. The number of carbonyl (C=O) groups excluding carboxylic acids is 3. The van der Waals surface area contributed by atoms with Crippen molar-refractivity contribution in [2.75, 3.05) is 20.3 Å². The van der Waals surface area contributed by atoms with Crippen LogP contribution in [-0.4, -0.2) is 50.0 Å². The van der Waals surface area contributed by atoms with E-state index in [0.29, 0.717) is 19.6 Å². The van der Waals surface area contributed by atoms with Crippen LogP contribution in [0, 0.1) is 0 Å². The van der Waals surface area contributed by atoms with Crippen LogP contribution in [0.1, 0.15) is 39.2 Å². The normalized spacial score (nSPS) is 12.0. The molecule has 0 heterocycles. The van der Waals surface area contributed by atoms with E-state index in [4.69, 9.17) is 14.2 Å². The molecule has 1 N–H and O–H groups in total. The fourth-order valence-electron chi connectivity index (χ4n) is 2.09. The van der Waals surface area contributed by atoms with E-state index in [-0.39, 0.29) is 13.0 Å². The minimum absolute atomic E-state index is 0.134. The third-order valence-electron chi connectivity index (χ3n) is 3.37. The lowest BCUT2D eigenvalue weighted by atomic mass is 10.2. The van der Waals surface area contributed by atoms with Crippen LogP contribution in [0.25, 0.3) is 0 Å². The third-order valence-corrected chi connectivity index (χ3v) is 3.37. The number of rotatable bonds is 10. The topological polar surface area (TPSA) is 100 Å². The Labute approximate surface area is 165 Å². The van der Waals surface area contributed by atoms with Gasteiger partial charge in [-0.05, 0) is 32.8 Å². The lowest BCUT2D eigenvalue weighted by molar-refractivity contribution is -0.150. The molecular formula is C20H29NO7. The summed E-state index contributed by atoms with van der Waals surface area (Å²) in [6.45, 7) is 5.62. The van der Waals surface area contributed by atoms with Crippen molar-refractivity contribution in [2.45, 2.75) is 51.9 Å². The molecule has 0 aliphatic rings. The molecule has 8 heteroatoms. The molecule has 0 bridgehead atoms. The number of carbonyl (C=O) groups is 3. The molecule has 0 aromatic heterocycles. The van der Waals surface area contributed by atoms with Gasteiger partial charge in [-0.1, -0.05) is 30.3 Å². The monoisotopic (exact) mass is 395 g/mol. The van der Waals surface area contributed by atoms with E-state index < -0.39 is 29.7 Å². The Morgan fingerprint density at radius 1 is 1.11 bits per heavy atom. The molecule has 0 saturated heterocycles. The number of alkyl carbamates (subject to hydrolysis) is 1. The minimum atomic E-state index is -1.14. The van der Waals surface area contributed by atoms with Gasteiger partial charge in [0.25, 0.3) is 0 Å². The van der Waals surface area contributed by atoms with Crippen molar-refractivity contribution in [3.8, 4) is 0 Å². The average Bonchev–Trinajstić information content (AvgIpc) is 2.63. The molecule has 8 nitrogen and oxygen atoms in total. The zero-order valence-corrected chi connectivity index (χ0v) is 16.9. The third kappa shape index (κ3) is 10.5. The van der Waals surface area contributed by atoms with Crippen LogP contribution in [0.4, 0.5) is 4.79 Å². The second-order valence-electron chi connectivity index (χ2n) is 7.05. The van der Waals surface area contributed by atoms with Crippen LogP contribution >= 0.6 is 0 Å². The van der Waals surface area contributed by atoms with Gasteiger partial charge in [-0.2, -0.15) is 0 Å². The van der Waals surface area contributed by atoms with Gasteiger partial charge in [-0.25, -0.2) is 9.59 Å². The molecule has 0 spiro atoms. The largest absolute Gasteiger partial charge is 0.467 e. The summed E-state index contributed by atoms with van der Waals surface area (Å²) in [5.41, 5.74) is 0.334. The number of hydrogen-bond acceptors (Lipinski definition) is 7. The van der Waals surface area contributed by atoms with Crippen molar-refractivity contribution in [2.24, 2.45) is 0 Å². The molecule has 0 unspecified atom stereocenters. The molecule has 0 radical (unpaired) electrons. The lowest BCUT2D eigenvalue weighted by Crippen LogP contribution is -2.47. The van der Waals surface area contributed by atoms with Crippen LogP contribution in [0.5, 0.6) is 0 Å². The van der Waals surface area contributed by atoms with E-state index in [9.17, 15) is 14.4 Å². The zero-order valence-electron chi connectivity index (χ0n) is 16.9. The van der Waals surface area contributed by atoms with E-state index in [0.717, 1.165) is 5.56 Å². The fraction of sp³-hybridized carbons (Fsp3) is 0.550. The number of nitrogens with one attached hydrogen (secondary N) is 1. The molecule has 1 aromatic rings. The number of amides is 1. The number of hydrogen-bond donors (Lipinski definition) is 1. The zero-order chi connectivity index (χ0) is 21.0. The van der Waals surface area contributed by atoms with Crippen molar-refractivity contribution in [3.05, 3.63) is 35.9 Å². The highest BCUT2D eigenvalue weighted by Crippen LogP contribution is 2.07. The molecule has 1 atom stereocenters. The van der Waals surface area contributed by atoms with Gasteiger partial charge in [0.1, 0.15) is 12.2 Å². The molecular weight excluding hydrogens is 366 g/mol. The first-order valence-electron chi connectivity index (χ1n) is 9.06. The van der Waals surface area contributed by atoms with Gasteiger partial charge in [0, 0.05) is 13.0 Å². The SMILES string of the molecule is COC(=O)[C@H](COC(=O)CCCOCc1ccccc1)NC(=O)OC(C)(C)C. The Balaban J connectivity index is 2.29. The summed E-state index contributed by atoms with van der Waals surface area (Å²) in [6.07, 6.45) is -0.184. The summed E-state index contributed by atoms with van der Waals surface area (Å²) in [7, 11) is 1.18. The molecule has 0 aliphatic heterocycles. The summed E-state index contributed by atoms with van der Waals surface area (Å²) >= 11 is 0. The highest BCUT2D eigenvalue weighted by Gasteiger charge is 2.26. The summed E-state index contributed by atoms with van der Waals surface area (Å²) in [6, 6.07) is 8.56. The van der Waals surface area contributed by atoms with Crippen molar-refractivity contribution in [1.29, 1.82) is 0 Å². The number of methoxy groups -OCH3 is 1. The van der Waals surface area contributed by atoms with Gasteiger partial charge in [0.15, 0.2) is 6.04 Å². The van der Waals surface area contributed by atoms with Gasteiger partial charge in [-0.3, -0.25) is 4.79 Å². The molecule has 28 heavy (non-hydrogen) atoms. The average molecular weight is 395 g/mol. The lowest BCUT2D eigenvalue weighted by Gasteiger charge is -2.22. The Hall–Kier alpha value is -2.61. The van der Waals surface area contributed by atoms with Crippen molar-refractivity contribution in [3.63, 3.8) is 0 Å². The standard InChI is InChI=1S/C20H29NO7/c1-20(2,3)28-19(24)21-16(18(23)25-4)14-27-17(22)11-8-12-26-13-15-9-6-5-7-10-15/h5-7,9-10,16H,8,11-14H2,1-4H3,(H,21,24)/t16-/m0/s1. The van der Waals surface area contributed by atoms with Crippen molar-refractivity contribution >= 4 is 18.0 Å². The molecule has 0 fully saturated rings. The minimum Gasteiger partial charge on any atom is -0.467 e. The molecule has 1 amide bonds. The number of benzene rings is 1. The van der Waals surface area contributed by atoms with E-state index in [1.54, 1.807) is 20.8 Å². The quantitative estimate of drug-likeness (QED) is 0.369. The van der Waals surface area contributed by atoms with Gasteiger partial charge in [0.2, 0.25) is 0 Å². The van der Waals surface area contributed by atoms with Gasteiger partial charge in [-0.15, -0.1) is 0 Å². The predicted octanol–water partition coefficient (Wildman–Crippen LogP) is 2.59. The highest BCUT2D eigenvalue weighted by molar-refractivity contribution is 5.82. The van der Waals surface area contributed by atoms with Crippen LogP contribution in [0.15, 0.2) is 30.3 Å². The van der Waals surface area contributed by atoms with Crippen molar-refractivity contribution < 1.29 is 33.3 Å². The van der Waals surface area contributed by atoms with Crippen LogP contribution < -0.4 is 5.32 Å². The second kappa shape index (κ2) is 12.0. The molecule has 0 aliphatic carbocycles. The summed E-state index contributed by atoms with van der Waals surface area (Å²) in [5.74, 6) is -1.23. The van der Waals surface area contributed by atoms with E-state index >= 15 is 0 Å². The van der Waals surface area contributed by atoms with Crippen molar-refractivity contribution in [1.82, 2.24) is 5.32 Å². The van der Waals surface area contributed by atoms with Crippen LogP contribution in [0.2, 0.25) is 0 Å². The first-order valence-corrected chi connectivity index (χ1v) is 9.06. The maximum absolute atomic E-state index is 11.8. The van der Waals surface area contributed by atoms with Crippen LogP contribution in [-0.2, 0) is 35.1 Å². The first kappa shape index (κ1) is 23.4. The first-order chi connectivity index (χ1) is 13.2. The second-order valence-corrected chi connectivity index (χ2v) is 7.05. The smallest absolute Gasteiger partial charge is 0.408 e. The Morgan fingerprint density at radius 2 is 1.79 bits per heavy atom. The van der Waals surface area contributed by atoms with Gasteiger partial charge < -0.3 is 24.3 Å². The Morgan fingerprint density at radius 3 is 2.39 bits per heavy atom. The number of esters is 2. The fourth-order valence-corrected chi connectivity index (χ4v) is 2.09. The number of ether oxygens (including phenoxy) is 4. The predicted molar refractivity (Wildman–Crippen MR) is 101 cm³/mol. The Kier molecular flexibility index (Phi) is 10.0. The van der Waals surface area contributed by atoms with Gasteiger partial charge in [0.05, 0.1) is 13.7 Å². The molecule has 0 saturated carbocycles. The van der Waals surface area contributed by atoms with E-state index in [1.165, 1.54) is 7.11 Å². The molecule has 156 valence electrons. The molecule has 1 rings (SSSR count). The summed E-state index contributed by atoms with van der Waals surface area (Å²) in [4.78, 5) is 35.4. The van der Waals surface area contributed by atoms with E-state index in [1.807, 2.05) is 30.3 Å². The maximum Gasteiger partial charge on any atom is 0.408 e. The molecule has 1 aromatic carbocycles. The Bertz CT molecular complexity index is 625. The summed E-state index contributed by atoms with van der Waals surface area (Å²) in [5, 5.41) is 2.34. The highest BCUT2D eigenvalue weighted by atomic mass is 16.6. The van der Waals surface area contributed by atoms with Crippen LogP contribution in [0.3, 0.4) is 0 Å². The van der Waals surface area contributed by atoms with E-state index in [2.05, 4.69) is 10.1 Å².